The van der Waals surface area contributed by atoms with Crippen LogP contribution in [0.4, 0.5) is 0 Å². The molecular formula is C21H16N2O2. The summed E-state index contributed by atoms with van der Waals surface area (Å²) in [6.45, 7) is 0. The van der Waals surface area contributed by atoms with Crippen LogP contribution in [0, 0.1) is 0 Å². The molecular weight excluding hydrogens is 312 g/mol. The summed E-state index contributed by atoms with van der Waals surface area (Å²) in [5.74, 6) is -0.541. The van der Waals surface area contributed by atoms with E-state index in [-0.39, 0.29) is 0 Å². The summed E-state index contributed by atoms with van der Waals surface area (Å²) >= 11 is 0. The molecule has 3 aromatic rings. The van der Waals surface area contributed by atoms with Crippen LogP contribution in [-0.2, 0) is 9.63 Å². The monoisotopic (exact) mass is 328 g/mol. The number of aromatic nitrogens is 1. The highest BCUT2D eigenvalue weighted by Crippen LogP contribution is 2.10. The number of oxime groups is 1. The molecule has 0 atom stereocenters. The normalized spacial score (nSPS) is 11.4. The van der Waals surface area contributed by atoms with E-state index < -0.39 is 5.97 Å². The Kier molecular flexibility index (Phi) is 5.46. The third kappa shape index (κ3) is 4.72. The van der Waals surface area contributed by atoms with Crippen LogP contribution in [0.2, 0.25) is 0 Å². The van der Waals surface area contributed by atoms with E-state index in [1.165, 1.54) is 6.08 Å². The molecule has 0 spiro atoms. The molecule has 0 amide bonds. The van der Waals surface area contributed by atoms with Crippen LogP contribution in [-0.4, -0.2) is 16.7 Å². The summed E-state index contributed by atoms with van der Waals surface area (Å²) in [7, 11) is 0. The van der Waals surface area contributed by atoms with Crippen molar-refractivity contribution in [2.24, 2.45) is 5.16 Å². The molecule has 0 unspecified atom stereocenters. The van der Waals surface area contributed by atoms with Crippen LogP contribution in [0.25, 0.3) is 6.08 Å². The molecule has 0 aliphatic rings. The average Bonchev–Trinajstić information content (AvgIpc) is 2.69. The van der Waals surface area contributed by atoms with Crippen molar-refractivity contribution in [3.63, 3.8) is 0 Å². The van der Waals surface area contributed by atoms with E-state index in [1.54, 1.807) is 18.5 Å². The standard InChI is InChI=1S/C21H16N2O2/c24-20(14-13-17-8-3-1-4-9-17)25-23-21(18-10-5-2-6-11-18)19-12-7-15-22-16-19/h1-16H. The lowest BCUT2D eigenvalue weighted by Gasteiger charge is -2.05. The first kappa shape index (κ1) is 16.3. The van der Waals surface area contributed by atoms with Crippen molar-refractivity contribution in [3.05, 3.63) is 108 Å². The maximum Gasteiger partial charge on any atom is 0.358 e. The Bertz CT molecular complexity index is 832. The maximum atomic E-state index is 12.0. The minimum atomic E-state index is -0.541. The van der Waals surface area contributed by atoms with E-state index in [2.05, 4.69) is 10.1 Å². The number of carbonyl (C=O) groups is 1. The first-order valence-electron chi connectivity index (χ1n) is 7.81. The number of pyridine rings is 1. The van der Waals surface area contributed by atoms with Crippen molar-refractivity contribution < 1.29 is 9.63 Å². The molecule has 0 saturated heterocycles. The molecule has 0 aliphatic carbocycles. The molecule has 0 fully saturated rings. The van der Waals surface area contributed by atoms with Crippen molar-refractivity contribution in [1.29, 1.82) is 0 Å². The summed E-state index contributed by atoms with van der Waals surface area (Å²) in [5, 5.41) is 4.05. The van der Waals surface area contributed by atoms with E-state index in [0.29, 0.717) is 5.71 Å². The molecule has 122 valence electrons. The van der Waals surface area contributed by atoms with Gasteiger partial charge in [0.25, 0.3) is 0 Å². The second-order valence-electron chi connectivity index (χ2n) is 5.20. The molecule has 0 saturated carbocycles. The zero-order valence-electron chi connectivity index (χ0n) is 13.4. The molecule has 2 aromatic carbocycles. The van der Waals surface area contributed by atoms with Gasteiger partial charge in [-0.15, -0.1) is 0 Å². The molecule has 4 heteroatoms. The van der Waals surface area contributed by atoms with E-state index in [9.17, 15) is 4.79 Å². The lowest BCUT2D eigenvalue weighted by molar-refractivity contribution is -0.137. The molecule has 3 rings (SSSR count). The van der Waals surface area contributed by atoms with Crippen LogP contribution < -0.4 is 0 Å². The van der Waals surface area contributed by atoms with Gasteiger partial charge in [-0.3, -0.25) is 4.98 Å². The Morgan fingerprint density at radius 2 is 1.56 bits per heavy atom. The largest absolute Gasteiger partial charge is 0.358 e. The van der Waals surface area contributed by atoms with Gasteiger partial charge in [0.15, 0.2) is 0 Å². The third-order valence-electron chi connectivity index (χ3n) is 3.42. The molecule has 25 heavy (non-hydrogen) atoms. The molecule has 1 heterocycles. The summed E-state index contributed by atoms with van der Waals surface area (Å²) in [5.41, 5.74) is 3.08. The van der Waals surface area contributed by atoms with E-state index in [0.717, 1.165) is 16.7 Å². The van der Waals surface area contributed by atoms with Crippen molar-refractivity contribution in [1.82, 2.24) is 4.98 Å². The second kappa shape index (κ2) is 8.36. The molecule has 0 radical (unpaired) electrons. The van der Waals surface area contributed by atoms with Gasteiger partial charge in [-0.05, 0) is 23.8 Å². The molecule has 4 nitrogen and oxygen atoms in total. The van der Waals surface area contributed by atoms with Crippen LogP contribution in [0.3, 0.4) is 0 Å². The highest BCUT2D eigenvalue weighted by molar-refractivity contribution is 6.12. The highest BCUT2D eigenvalue weighted by atomic mass is 16.7. The minimum absolute atomic E-state index is 0.541. The Balaban J connectivity index is 1.79. The van der Waals surface area contributed by atoms with Crippen LogP contribution in [0.5, 0.6) is 0 Å². The van der Waals surface area contributed by atoms with Crippen LogP contribution in [0.1, 0.15) is 16.7 Å². The zero-order chi connectivity index (χ0) is 17.3. The predicted octanol–water partition coefficient (Wildman–Crippen LogP) is 4.09. The number of nitrogens with zero attached hydrogens (tertiary/aromatic N) is 2. The van der Waals surface area contributed by atoms with Gasteiger partial charge in [-0.2, -0.15) is 0 Å². The number of carbonyl (C=O) groups excluding carboxylic acids is 1. The van der Waals surface area contributed by atoms with Crippen LogP contribution in [0.15, 0.2) is 96.4 Å². The molecule has 0 N–H and O–H groups in total. The van der Waals surface area contributed by atoms with Crippen molar-refractivity contribution >= 4 is 17.8 Å². The fourth-order valence-corrected chi connectivity index (χ4v) is 2.22. The van der Waals surface area contributed by atoms with Gasteiger partial charge in [0, 0.05) is 29.6 Å². The summed E-state index contributed by atoms with van der Waals surface area (Å²) in [6, 6.07) is 22.7. The average molecular weight is 328 g/mol. The van der Waals surface area contributed by atoms with Gasteiger partial charge in [0.05, 0.1) is 0 Å². The minimum Gasteiger partial charge on any atom is -0.313 e. The Morgan fingerprint density at radius 1 is 0.880 bits per heavy atom. The topological polar surface area (TPSA) is 51.5 Å². The first-order chi connectivity index (χ1) is 12.3. The Morgan fingerprint density at radius 3 is 2.24 bits per heavy atom. The number of hydrogen-bond donors (Lipinski definition) is 0. The van der Waals surface area contributed by atoms with Gasteiger partial charge < -0.3 is 4.84 Å². The molecule has 1 aromatic heterocycles. The predicted molar refractivity (Wildman–Crippen MR) is 97.9 cm³/mol. The summed E-state index contributed by atoms with van der Waals surface area (Å²) in [6.07, 6.45) is 6.40. The number of benzene rings is 2. The number of hydrogen-bond acceptors (Lipinski definition) is 4. The van der Waals surface area contributed by atoms with Gasteiger partial charge in [0.2, 0.25) is 0 Å². The van der Waals surface area contributed by atoms with Gasteiger partial charge in [-0.1, -0.05) is 65.8 Å². The van der Waals surface area contributed by atoms with Crippen molar-refractivity contribution in [3.8, 4) is 0 Å². The Labute approximate surface area is 146 Å². The quantitative estimate of drug-likeness (QED) is 0.307. The fourth-order valence-electron chi connectivity index (χ4n) is 2.22. The summed E-state index contributed by atoms with van der Waals surface area (Å²) < 4.78 is 0. The molecule has 0 aliphatic heterocycles. The fraction of sp³-hybridized carbons (Fsp3) is 0. The van der Waals surface area contributed by atoms with E-state index >= 15 is 0 Å². The highest BCUT2D eigenvalue weighted by Gasteiger charge is 2.08. The number of rotatable bonds is 5. The Hall–Kier alpha value is -3.53. The lowest BCUT2D eigenvalue weighted by atomic mass is 10.0. The van der Waals surface area contributed by atoms with Gasteiger partial charge in [0.1, 0.15) is 5.71 Å². The first-order valence-corrected chi connectivity index (χ1v) is 7.81. The smallest absolute Gasteiger partial charge is 0.313 e. The maximum absolute atomic E-state index is 12.0. The van der Waals surface area contributed by atoms with Gasteiger partial charge >= 0.3 is 5.97 Å². The van der Waals surface area contributed by atoms with E-state index in [1.807, 2.05) is 72.8 Å². The third-order valence-corrected chi connectivity index (χ3v) is 3.42. The van der Waals surface area contributed by atoms with Crippen molar-refractivity contribution in [2.45, 2.75) is 0 Å². The summed E-state index contributed by atoms with van der Waals surface area (Å²) in [4.78, 5) is 21.1. The SMILES string of the molecule is O=C(C=Cc1ccccc1)ON=C(c1ccccc1)c1cccnc1. The van der Waals surface area contributed by atoms with Crippen molar-refractivity contribution in [2.75, 3.05) is 0 Å². The van der Waals surface area contributed by atoms with E-state index in [4.69, 9.17) is 4.84 Å². The lowest BCUT2D eigenvalue weighted by Crippen LogP contribution is -2.06. The van der Waals surface area contributed by atoms with Crippen LogP contribution >= 0.6 is 0 Å². The van der Waals surface area contributed by atoms with Gasteiger partial charge in [-0.25, -0.2) is 4.79 Å². The second-order valence-corrected chi connectivity index (χ2v) is 5.20. The zero-order valence-corrected chi connectivity index (χ0v) is 13.4. The molecule has 0 bridgehead atoms.